The first-order valence-corrected chi connectivity index (χ1v) is 6.45. The summed E-state index contributed by atoms with van der Waals surface area (Å²) in [5.41, 5.74) is 0.731. The number of aromatic nitrogens is 1. The van der Waals surface area contributed by atoms with Crippen molar-refractivity contribution in [3.05, 3.63) is 17.5 Å². The Kier molecular flexibility index (Phi) is 3.63. The first-order valence-electron chi connectivity index (χ1n) is 5.53. The fraction of sp³-hybridized carbons (Fsp3) is 0.636. The second-order valence-corrected chi connectivity index (χ2v) is 5.55. The fourth-order valence-electron chi connectivity index (χ4n) is 1.92. The Bertz CT molecular complexity index is 370. The van der Waals surface area contributed by atoms with Crippen molar-refractivity contribution in [3.8, 4) is 0 Å². The molecule has 0 saturated heterocycles. The summed E-state index contributed by atoms with van der Waals surface area (Å²) < 4.78 is 4.92. The Hall–Kier alpha value is -0.840. The van der Waals surface area contributed by atoms with Crippen LogP contribution >= 0.6 is 15.9 Å². The van der Waals surface area contributed by atoms with Gasteiger partial charge >= 0.3 is 0 Å². The average molecular weight is 287 g/mol. The Morgan fingerprint density at radius 1 is 1.50 bits per heavy atom. The molecule has 0 spiro atoms. The number of amides is 1. The molecule has 16 heavy (non-hydrogen) atoms. The van der Waals surface area contributed by atoms with Crippen LogP contribution in [0.5, 0.6) is 0 Å². The van der Waals surface area contributed by atoms with E-state index < -0.39 is 0 Å². The van der Waals surface area contributed by atoms with Crippen LogP contribution in [0.4, 0.5) is 0 Å². The summed E-state index contributed by atoms with van der Waals surface area (Å²) in [6.45, 7) is 1.80. The highest BCUT2D eigenvalue weighted by molar-refractivity contribution is 9.09. The van der Waals surface area contributed by atoms with Gasteiger partial charge in [0.2, 0.25) is 5.76 Å². The number of carbonyl (C=O) groups excluding carboxylic acids is 1. The van der Waals surface area contributed by atoms with E-state index in [0.29, 0.717) is 10.6 Å². The number of hydrogen-bond acceptors (Lipinski definition) is 3. The van der Waals surface area contributed by atoms with Crippen molar-refractivity contribution in [1.82, 2.24) is 10.5 Å². The minimum Gasteiger partial charge on any atom is -0.351 e. The van der Waals surface area contributed by atoms with E-state index in [1.807, 2.05) is 0 Å². The summed E-state index contributed by atoms with van der Waals surface area (Å²) in [6.07, 6.45) is 4.27. The Labute approximate surface area is 103 Å². The van der Waals surface area contributed by atoms with E-state index in [2.05, 4.69) is 26.4 Å². The first kappa shape index (κ1) is 11.6. The van der Waals surface area contributed by atoms with Crippen LogP contribution < -0.4 is 5.32 Å². The highest BCUT2D eigenvalue weighted by Gasteiger charge is 2.22. The normalized spacial score (nSPS) is 25.4. The van der Waals surface area contributed by atoms with E-state index in [1.54, 1.807) is 13.0 Å². The molecule has 88 valence electrons. The van der Waals surface area contributed by atoms with Crippen molar-refractivity contribution in [2.45, 2.75) is 43.5 Å². The molecule has 0 atom stereocenters. The molecule has 0 aliphatic heterocycles. The Morgan fingerprint density at radius 3 is 2.75 bits per heavy atom. The zero-order valence-electron chi connectivity index (χ0n) is 9.20. The van der Waals surface area contributed by atoms with E-state index in [4.69, 9.17) is 4.52 Å². The third-order valence-corrected chi connectivity index (χ3v) is 3.76. The summed E-state index contributed by atoms with van der Waals surface area (Å²) in [7, 11) is 0. The molecule has 1 N–H and O–H groups in total. The average Bonchev–Trinajstić information content (AvgIpc) is 2.68. The van der Waals surface area contributed by atoms with E-state index in [1.165, 1.54) is 0 Å². The Balaban J connectivity index is 1.88. The lowest BCUT2D eigenvalue weighted by Gasteiger charge is -2.25. The lowest BCUT2D eigenvalue weighted by molar-refractivity contribution is 0.0891. The number of carbonyl (C=O) groups is 1. The molecule has 5 heteroatoms. The van der Waals surface area contributed by atoms with E-state index in [0.717, 1.165) is 31.4 Å². The summed E-state index contributed by atoms with van der Waals surface area (Å²) in [4.78, 5) is 12.4. The summed E-state index contributed by atoms with van der Waals surface area (Å²) >= 11 is 3.59. The highest BCUT2D eigenvalue weighted by Crippen LogP contribution is 2.24. The van der Waals surface area contributed by atoms with Crippen LogP contribution in [0.25, 0.3) is 0 Å². The van der Waals surface area contributed by atoms with Gasteiger partial charge in [-0.15, -0.1) is 0 Å². The minimum atomic E-state index is -0.154. The molecule has 1 heterocycles. The third-order valence-electron chi connectivity index (χ3n) is 2.84. The standard InChI is InChI=1S/C11H15BrN2O2/c1-7-6-10(16-14-7)11(15)13-9-4-2-8(12)3-5-9/h6,8-9H,2-5H2,1H3,(H,13,15). The molecule has 1 saturated carbocycles. The van der Waals surface area contributed by atoms with Gasteiger partial charge in [-0.2, -0.15) is 0 Å². The molecule has 1 aromatic heterocycles. The molecular weight excluding hydrogens is 272 g/mol. The molecule has 2 rings (SSSR count). The van der Waals surface area contributed by atoms with Gasteiger partial charge in [-0.05, 0) is 32.6 Å². The van der Waals surface area contributed by atoms with Gasteiger partial charge in [0.15, 0.2) is 0 Å². The van der Waals surface area contributed by atoms with Gasteiger partial charge in [0.1, 0.15) is 0 Å². The maximum absolute atomic E-state index is 11.8. The van der Waals surface area contributed by atoms with Gasteiger partial charge in [-0.3, -0.25) is 4.79 Å². The molecular formula is C11H15BrN2O2. The first-order chi connectivity index (χ1) is 7.65. The van der Waals surface area contributed by atoms with Crippen molar-refractivity contribution in [1.29, 1.82) is 0 Å². The summed E-state index contributed by atoms with van der Waals surface area (Å²) in [5, 5.41) is 6.68. The lowest BCUT2D eigenvalue weighted by Crippen LogP contribution is -2.37. The van der Waals surface area contributed by atoms with E-state index >= 15 is 0 Å². The minimum absolute atomic E-state index is 0.154. The highest BCUT2D eigenvalue weighted by atomic mass is 79.9. The quantitative estimate of drug-likeness (QED) is 0.850. The van der Waals surface area contributed by atoms with Crippen molar-refractivity contribution in [2.75, 3.05) is 0 Å². The second-order valence-electron chi connectivity index (χ2n) is 4.25. The van der Waals surface area contributed by atoms with Crippen molar-refractivity contribution >= 4 is 21.8 Å². The number of rotatable bonds is 2. The topological polar surface area (TPSA) is 55.1 Å². The molecule has 4 nitrogen and oxygen atoms in total. The number of alkyl halides is 1. The van der Waals surface area contributed by atoms with Crippen LogP contribution in [-0.4, -0.2) is 21.9 Å². The number of hydrogen-bond donors (Lipinski definition) is 1. The van der Waals surface area contributed by atoms with Crippen molar-refractivity contribution in [3.63, 3.8) is 0 Å². The van der Waals surface area contributed by atoms with Crippen LogP contribution in [0.2, 0.25) is 0 Å². The zero-order valence-corrected chi connectivity index (χ0v) is 10.8. The number of nitrogens with one attached hydrogen (secondary N) is 1. The van der Waals surface area contributed by atoms with Crippen LogP contribution in [0.15, 0.2) is 10.6 Å². The van der Waals surface area contributed by atoms with Gasteiger partial charge in [0.25, 0.3) is 5.91 Å². The third kappa shape index (κ3) is 2.84. The number of halogens is 1. The predicted octanol–water partition coefficient (Wildman–Crippen LogP) is 2.42. The van der Waals surface area contributed by atoms with Crippen molar-refractivity contribution < 1.29 is 9.32 Å². The summed E-state index contributed by atoms with van der Waals surface area (Å²) in [5.74, 6) is 0.150. The molecule has 1 amide bonds. The smallest absolute Gasteiger partial charge is 0.290 e. The largest absolute Gasteiger partial charge is 0.351 e. The molecule has 0 unspecified atom stereocenters. The molecule has 1 aliphatic rings. The monoisotopic (exact) mass is 286 g/mol. The summed E-state index contributed by atoms with van der Waals surface area (Å²) in [6, 6.07) is 1.93. The number of nitrogens with zero attached hydrogens (tertiary/aromatic N) is 1. The molecule has 1 aromatic rings. The lowest BCUT2D eigenvalue weighted by atomic mass is 9.95. The van der Waals surface area contributed by atoms with Gasteiger partial charge in [-0.1, -0.05) is 21.1 Å². The van der Waals surface area contributed by atoms with Crippen molar-refractivity contribution in [2.24, 2.45) is 0 Å². The molecule has 0 bridgehead atoms. The van der Waals surface area contributed by atoms with Gasteiger partial charge in [0.05, 0.1) is 5.69 Å². The maximum Gasteiger partial charge on any atom is 0.290 e. The van der Waals surface area contributed by atoms with E-state index in [9.17, 15) is 4.79 Å². The second kappa shape index (κ2) is 4.99. The molecule has 0 radical (unpaired) electrons. The molecule has 0 aromatic carbocycles. The van der Waals surface area contributed by atoms with Gasteiger partial charge < -0.3 is 9.84 Å². The van der Waals surface area contributed by atoms with Gasteiger partial charge in [-0.25, -0.2) is 0 Å². The fourth-order valence-corrected chi connectivity index (χ4v) is 2.45. The SMILES string of the molecule is Cc1cc(C(=O)NC2CCC(Br)CC2)on1. The van der Waals surface area contributed by atoms with Gasteiger partial charge in [0, 0.05) is 16.9 Å². The predicted molar refractivity (Wildman–Crippen MR) is 63.7 cm³/mol. The maximum atomic E-state index is 11.8. The zero-order chi connectivity index (χ0) is 11.5. The van der Waals surface area contributed by atoms with Crippen LogP contribution in [0.1, 0.15) is 41.9 Å². The van der Waals surface area contributed by atoms with Crippen LogP contribution in [0, 0.1) is 6.92 Å². The Morgan fingerprint density at radius 2 is 2.19 bits per heavy atom. The van der Waals surface area contributed by atoms with Crippen LogP contribution in [-0.2, 0) is 0 Å². The molecule has 1 aliphatic carbocycles. The molecule has 1 fully saturated rings. The number of aryl methyl sites for hydroxylation is 1. The van der Waals surface area contributed by atoms with E-state index in [-0.39, 0.29) is 11.9 Å². The van der Waals surface area contributed by atoms with Crippen LogP contribution in [0.3, 0.4) is 0 Å².